The highest BCUT2D eigenvalue weighted by Crippen LogP contribution is 2.38. The van der Waals surface area contributed by atoms with Gasteiger partial charge < -0.3 is 15.7 Å². The van der Waals surface area contributed by atoms with Crippen LogP contribution in [0.2, 0.25) is 0 Å². The highest BCUT2D eigenvalue weighted by Gasteiger charge is 2.31. The second-order valence-electron chi connectivity index (χ2n) is 9.90. The number of nitrogens with zero attached hydrogens (tertiary/aromatic N) is 2. The van der Waals surface area contributed by atoms with Gasteiger partial charge in [0, 0.05) is 35.3 Å². The minimum atomic E-state index is -4.59. The number of aromatic nitrogens is 2. The van der Waals surface area contributed by atoms with Crippen molar-refractivity contribution in [2.75, 3.05) is 5.32 Å². The number of alkyl halides is 3. The predicted molar refractivity (Wildman–Crippen MR) is 144 cm³/mol. The summed E-state index contributed by atoms with van der Waals surface area (Å²) in [6.07, 6.45) is -0.762. The molecule has 7 nitrogen and oxygen atoms in total. The van der Waals surface area contributed by atoms with Crippen LogP contribution in [0.4, 0.5) is 28.0 Å². The normalized spacial score (nSPS) is 13.8. The third-order valence-electron chi connectivity index (χ3n) is 7.04. The maximum Gasteiger partial charge on any atom is 0.416 e. The zero-order chi connectivity index (χ0) is 29.1. The highest BCUT2D eigenvalue weighted by molar-refractivity contribution is 6.04. The lowest BCUT2D eigenvalue weighted by molar-refractivity contribution is -0.137. The van der Waals surface area contributed by atoms with Crippen molar-refractivity contribution in [1.29, 1.82) is 0 Å². The summed E-state index contributed by atoms with van der Waals surface area (Å²) < 4.78 is 53.6. The number of anilines is 1. The van der Waals surface area contributed by atoms with E-state index in [-0.39, 0.29) is 35.3 Å². The fourth-order valence-corrected chi connectivity index (χ4v) is 4.92. The molecular formula is C30H26F4N4O3. The van der Waals surface area contributed by atoms with Crippen molar-refractivity contribution in [1.82, 2.24) is 15.1 Å². The van der Waals surface area contributed by atoms with Crippen LogP contribution < -0.4 is 10.6 Å². The van der Waals surface area contributed by atoms with Gasteiger partial charge >= 0.3 is 12.2 Å². The van der Waals surface area contributed by atoms with E-state index in [1.54, 1.807) is 18.2 Å². The van der Waals surface area contributed by atoms with Crippen molar-refractivity contribution in [2.24, 2.45) is 0 Å². The van der Waals surface area contributed by atoms with Crippen molar-refractivity contribution < 1.29 is 32.3 Å². The number of halogens is 4. The van der Waals surface area contributed by atoms with Crippen LogP contribution in [0.5, 0.6) is 5.75 Å². The van der Waals surface area contributed by atoms with E-state index >= 15 is 0 Å². The summed E-state index contributed by atoms with van der Waals surface area (Å²) >= 11 is 0. The first-order chi connectivity index (χ1) is 19.6. The third kappa shape index (κ3) is 6.40. The van der Waals surface area contributed by atoms with Crippen molar-refractivity contribution in [3.05, 3.63) is 101 Å². The van der Waals surface area contributed by atoms with Crippen LogP contribution in [0.25, 0.3) is 11.3 Å². The van der Waals surface area contributed by atoms with Crippen molar-refractivity contribution in [2.45, 2.75) is 44.3 Å². The van der Waals surface area contributed by atoms with Gasteiger partial charge in [-0.3, -0.25) is 4.79 Å². The van der Waals surface area contributed by atoms with Gasteiger partial charge in [0.1, 0.15) is 11.6 Å². The molecule has 0 radical (unpaired) electrons. The lowest BCUT2D eigenvalue weighted by Gasteiger charge is -2.12. The van der Waals surface area contributed by atoms with Gasteiger partial charge in [-0.2, -0.15) is 23.0 Å². The predicted octanol–water partition coefficient (Wildman–Crippen LogP) is 7.08. The SMILES string of the molecule is O=C(Nc1ccc(-c2cc(C3CCCC3)n(C(=O)NCc3ccc(F)cc3)n2)c(O)c1)c1cccc(C(F)(F)F)c1. The van der Waals surface area contributed by atoms with Gasteiger partial charge in [-0.1, -0.05) is 31.0 Å². The lowest BCUT2D eigenvalue weighted by Crippen LogP contribution is -2.30. The van der Waals surface area contributed by atoms with Crippen LogP contribution in [0.15, 0.2) is 72.8 Å². The number of aromatic hydroxyl groups is 1. The largest absolute Gasteiger partial charge is 0.507 e. The summed E-state index contributed by atoms with van der Waals surface area (Å²) in [4.78, 5) is 25.7. The van der Waals surface area contributed by atoms with E-state index in [4.69, 9.17) is 0 Å². The molecule has 5 rings (SSSR count). The minimum Gasteiger partial charge on any atom is -0.507 e. The monoisotopic (exact) mass is 566 g/mol. The lowest BCUT2D eigenvalue weighted by atomic mass is 10.0. The Morgan fingerprint density at radius 2 is 1.71 bits per heavy atom. The van der Waals surface area contributed by atoms with Crippen molar-refractivity contribution in [3.63, 3.8) is 0 Å². The molecule has 3 aromatic carbocycles. The molecule has 2 amide bonds. The Labute approximate surface area is 232 Å². The fraction of sp³-hybridized carbons (Fsp3) is 0.233. The van der Waals surface area contributed by atoms with E-state index in [1.165, 1.54) is 41.1 Å². The van der Waals surface area contributed by atoms with E-state index in [0.717, 1.165) is 49.4 Å². The Morgan fingerprint density at radius 1 is 0.976 bits per heavy atom. The smallest absolute Gasteiger partial charge is 0.416 e. The number of phenolic OH excluding ortho intramolecular Hbond substituents is 1. The summed E-state index contributed by atoms with van der Waals surface area (Å²) in [5, 5.41) is 20.5. The maximum atomic E-state index is 13.2. The van der Waals surface area contributed by atoms with Gasteiger partial charge in [-0.15, -0.1) is 0 Å². The maximum absolute atomic E-state index is 13.2. The molecule has 1 aliphatic carbocycles. The highest BCUT2D eigenvalue weighted by atomic mass is 19.4. The number of hydrogen-bond donors (Lipinski definition) is 3. The molecule has 0 unspecified atom stereocenters. The van der Waals surface area contributed by atoms with Crippen LogP contribution in [0.3, 0.4) is 0 Å². The number of carbonyl (C=O) groups is 2. The summed E-state index contributed by atoms with van der Waals surface area (Å²) in [6.45, 7) is 0.171. The molecule has 41 heavy (non-hydrogen) atoms. The second kappa shape index (κ2) is 11.4. The molecule has 4 aromatic rings. The molecule has 0 saturated heterocycles. The summed E-state index contributed by atoms with van der Waals surface area (Å²) in [6, 6.07) is 15.4. The Bertz CT molecular complexity index is 1580. The third-order valence-corrected chi connectivity index (χ3v) is 7.04. The quantitative estimate of drug-likeness (QED) is 0.217. The van der Waals surface area contributed by atoms with Crippen molar-refractivity contribution in [3.8, 4) is 17.0 Å². The first-order valence-corrected chi connectivity index (χ1v) is 13.0. The van der Waals surface area contributed by atoms with E-state index in [0.29, 0.717) is 17.0 Å². The van der Waals surface area contributed by atoms with Crippen LogP contribution in [0, 0.1) is 5.82 Å². The molecule has 1 fully saturated rings. The number of rotatable bonds is 6. The molecule has 1 heterocycles. The average molecular weight is 567 g/mol. The molecule has 1 saturated carbocycles. The number of benzene rings is 3. The van der Waals surface area contributed by atoms with Gasteiger partial charge in [0.15, 0.2) is 0 Å². The Hall–Kier alpha value is -4.67. The van der Waals surface area contributed by atoms with Crippen LogP contribution in [-0.2, 0) is 12.7 Å². The molecule has 1 aliphatic rings. The molecule has 0 atom stereocenters. The fourth-order valence-electron chi connectivity index (χ4n) is 4.92. The zero-order valence-electron chi connectivity index (χ0n) is 21.7. The Kier molecular flexibility index (Phi) is 7.78. The number of nitrogens with one attached hydrogen (secondary N) is 2. The van der Waals surface area contributed by atoms with Gasteiger partial charge in [0.2, 0.25) is 0 Å². The second-order valence-corrected chi connectivity index (χ2v) is 9.90. The molecule has 11 heteroatoms. The number of carbonyl (C=O) groups excluding carboxylic acids is 2. The number of amides is 2. The Balaban J connectivity index is 1.36. The molecule has 0 aliphatic heterocycles. The zero-order valence-corrected chi connectivity index (χ0v) is 21.7. The van der Waals surface area contributed by atoms with Gasteiger partial charge in [-0.25, -0.2) is 9.18 Å². The number of phenols is 1. The summed E-state index contributed by atoms with van der Waals surface area (Å²) in [5.74, 6) is -1.27. The summed E-state index contributed by atoms with van der Waals surface area (Å²) in [5.41, 5.74) is 1.11. The standard InChI is InChI=1S/C30H26F4N4O3/c31-22-10-8-18(9-11-22)17-35-29(41)38-26(19-4-1-2-5-19)16-25(37-38)24-13-12-23(15-27(24)39)36-28(40)20-6-3-7-21(14-20)30(32,33)34/h3,6-16,19,39H,1-2,4-5,17H2,(H,35,41)(H,36,40). The minimum absolute atomic E-state index is 0.112. The Morgan fingerprint density at radius 3 is 2.39 bits per heavy atom. The van der Waals surface area contributed by atoms with E-state index in [1.807, 2.05) is 0 Å². The average Bonchev–Trinajstić information content (AvgIpc) is 3.63. The van der Waals surface area contributed by atoms with Gasteiger partial charge in [-0.05, 0) is 66.9 Å². The summed E-state index contributed by atoms with van der Waals surface area (Å²) in [7, 11) is 0. The van der Waals surface area contributed by atoms with Gasteiger partial charge in [0.05, 0.1) is 17.0 Å². The first-order valence-electron chi connectivity index (χ1n) is 13.0. The molecule has 1 aromatic heterocycles. The van der Waals surface area contributed by atoms with Crippen molar-refractivity contribution >= 4 is 17.6 Å². The van der Waals surface area contributed by atoms with E-state index in [2.05, 4.69) is 15.7 Å². The number of hydrogen-bond acceptors (Lipinski definition) is 4. The first kappa shape index (κ1) is 27.9. The van der Waals surface area contributed by atoms with Crippen LogP contribution >= 0.6 is 0 Å². The molecule has 3 N–H and O–H groups in total. The van der Waals surface area contributed by atoms with Crippen LogP contribution in [0.1, 0.15) is 58.8 Å². The molecule has 0 bridgehead atoms. The van der Waals surface area contributed by atoms with E-state index in [9.17, 15) is 32.3 Å². The van der Waals surface area contributed by atoms with Crippen LogP contribution in [-0.4, -0.2) is 26.8 Å². The van der Waals surface area contributed by atoms with Gasteiger partial charge in [0.25, 0.3) is 5.91 Å². The van der Waals surface area contributed by atoms with E-state index < -0.39 is 23.7 Å². The molecule has 212 valence electrons. The molecule has 0 spiro atoms. The molecular weight excluding hydrogens is 540 g/mol. The topological polar surface area (TPSA) is 96.3 Å².